The topological polar surface area (TPSA) is 125 Å². The minimum Gasteiger partial charge on any atom is -0.492 e. The lowest BCUT2D eigenvalue weighted by Gasteiger charge is -2.12. The van der Waals surface area contributed by atoms with E-state index in [9.17, 15) is 18.0 Å². The zero-order chi connectivity index (χ0) is 25.7. The largest absolute Gasteiger partial charge is 0.492 e. The quantitative estimate of drug-likeness (QED) is 0.297. The maximum absolute atomic E-state index is 13.0. The molecule has 0 unspecified atom stereocenters. The number of nitrogens with zero attached hydrogens (tertiary/aromatic N) is 5. The fourth-order valence-corrected chi connectivity index (χ4v) is 3.22. The van der Waals surface area contributed by atoms with Gasteiger partial charge in [0.1, 0.15) is 5.75 Å². The number of hydrogen-bond acceptors (Lipinski definition) is 8. The Balaban J connectivity index is 1.29. The van der Waals surface area contributed by atoms with Gasteiger partial charge in [0, 0.05) is 6.42 Å². The molecule has 0 spiro atoms. The van der Waals surface area contributed by atoms with Crippen molar-refractivity contribution in [1.82, 2.24) is 25.4 Å². The molecule has 2 heterocycles. The third-order valence-electron chi connectivity index (χ3n) is 4.69. The van der Waals surface area contributed by atoms with E-state index in [4.69, 9.17) is 30.7 Å². The molecule has 1 N–H and O–H groups in total. The molecular formula is C22H17ClF3N5O5. The maximum atomic E-state index is 13.0. The highest BCUT2D eigenvalue weighted by Crippen LogP contribution is 2.35. The molecule has 188 valence electrons. The van der Waals surface area contributed by atoms with Crippen LogP contribution in [0.4, 0.5) is 13.2 Å². The number of aromatic nitrogens is 5. The maximum Gasteiger partial charge on any atom is 0.416 e. The summed E-state index contributed by atoms with van der Waals surface area (Å²) in [6, 6.07) is 11.2. The number of tetrazole rings is 1. The van der Waals surface area contributed by atoms with E-state index in [-0.39, 0.29) is 30.7 Å². The SMILES string of the molecule is O=C(O)Cn1nnc(-c2cc(OCCCOc3cc(-c4cccc(C(F)(F)F)c4)ccc3Cl)no2)n1. The van der Waals surface area contributed by atoms with Gasteiger partial charge in [-0.25, -0.2) is 0 Å². The molecule has 0 fully saturated rings. The molecule has 4 rings (SSSR count). The van der Waals surface area contributed by atoms with E-state index < -0.39 is 24.3 Å². The molecule has 0 radical (unpaired) electrons. The van der Waals surface area contributed by atoms with Crippen molar-refractivity contribution < 1.29 is 37.1 Å². The van der Waals surface area contributed by atoms with E-state index in [0.717, 1.165) is 16.9 Å². The lowest BCUT2D eigenvalue weighted by Crippen LogP contribution is -2.11. The minimum atomic E-state index is -4.44. The molecule has 0 atom stereocenters. The number of rotatable bonds is 10. The zero-order valence-corrected chi connectivity index (χ0v) is 19.0. The van der Waals surface area contributed by atoms with Gasteiger partial charge in [-0.3, -0.25) is 4.79 Å². The molecule has 0 saturated carbocycles. The average molecular weight is 524 g/mol. The van der Waals surface area contributed by atoms with Crippen LogP contribution in [0.2, 0.25) is 5.02 Å². The summed E-state index contributed by atoms with van der Waals surface area (Å²) in [6.07, 6.45) is -4.01. The van der Waals surface area contributed by atoms with Crippen LogP contribution in [-0.2, 0) is 17.5 Å². The lowest BCUT2D eigenvalue weighted by atomic mass is 10.0. The summed E-state index contributed by atoms with van der Waals surface area (Å²) in [5.74, 6) is -0.435. The molecule has 10 nitrogen and oxygen atoms in total. The number of hydrogen-bond donors (Lipinski definition) is 1. The Morgan fingerprint density at radius 2 is 1.86 bits per heavy atom. The van der Waals surface area contributed by atoms with Gasteiger partial charge >= 0.3 is 12.1 Å². The van der Waals surface area contributed by atoms with Gasteiger partial charge in [0.15, 0.2) is 6.54 Å². The number of carboxylic acids is 1. The van der Waals surface area contributed by atoms with Crippen LogP contribution in [0.1, 0.15) is 12.0 Å². The molecule has 0 amide bonds. The van der Waals surface area contributed by atoms with Crippen molar-refractivity contribution in [2.75, 3.05) is 13.2 Å². The van der Waals surface area contributed by atoms with Crippen molar-refractivity contribution in [2.24, 2.45) is 0 Å². The molecular weight excluding hydrogens is 507 g/mol. The molecule has 0 bridgehead atoms. The summed E-state index contributed by atoms with van der Waals surface area (Å²) >= 11 is 6.18. The minimum absolute atomic E-state index is 0.0530. The molecule has 36 heavy (non-hydrogen) atoms. The number of halogens is 4. The van der Waals surface area contributed by atoms with Gasteiger partial charge in [-0.05, 0) is 45.8 Å². The summed E-state index contributed by atoms with van der Waals surface area (Å²) in [7, 11) is 0. The van der Waals surface area contributed by atoms with Crippen LogP contribution in [0.15, 0.2) is 53.1 Å². The van der Waals surface area contributed by atoms with Crippen molar-refractivity contribution in [3.63, 3.8) is 0 Å². The first-order valence-electron chi connectivity index (χ1n) is 10.4. The van der Waals surface area contributed by atoms with E-state index in [1.54, 1.807) is 24.3 Å². The average Bonchev–Trinajstić information content (AvgIpc) is 3.49. The van der Waals surface area contributed by atoms with Gasteiger partial charge in [-0.1, -0.05) is 29.8 Å². The number of carbonyl (C=O) groups is 1. The van der Waals surface area contributed by atoms with Crippen LogP contribution >= 0.6 is 11.6 Å². The number of benzene rings is 2. The molecule has 0 aliphatic heterocycles. The second kappa shape index (κ2) is 10.6. The Kier molecular flexibility index (Phi) is 7.38. The third kappa shape index (κ3) is 6.30. The molecule has 0 aliphatic rings. The van der Waals surface area contributed by atoms with E-state index in [0.29, 0.717) is 28.3 Å². The van der Waals surface area contributed by atoms with E-state index in [1.165, 1.54) is 12.1 Å². The molecule has 0 aliphatic carbocycles. The van der Waals surface area contributed by atoms with Gasteiger partial charge in [-0.2, -0.15) is 18.0 Å². The molecule has 2 aromatic heterocycles. The predicted octanol–water partition coefficient (Wildman–Crippen LogP) is 4.60. The Morgan fingerprint density at radius 3 is 2.64 bits per heavy atom. The number of aliphatic carboxylic acids is 1. The predicted molar refractivity (Wildman–Crippen MR) is 118 cm³/mol. The number of alkyl halides is 3. The first-order chi connectivity index (χ1) is 17.2. The summed E-state index contributed by atoms with van der Waals surface area (Å²) in [5.41, 5.74) is 0.168. The van der Waals surface area contributed by atoms with Crippen molar-refractivity contribution in [1.29, 1.82) is 0 Å². The van der Waals surface area contributed by atoms with Crippen molar-refractivity contribution in [3.8, 4) is 34.3 Å². The molecule has 14 heteroatoms. The van der Waals surface area contributed by atoms with Crippen LogP contribution in [0.3, 0.4) is 0 Å². The van der Waals surface area contributed by atoms with Crippen LogP contribution < -0.4 is 9.47 Å². The van der Waals surface area contributed by atoms with E-state index in [1.807, 2.05) is 0 Å². The van der Waals surface area contributed by atoms with Gasteiger partial charge < -0.3 is 19.1 Å². The fourth-order valence-electron chi connectivity index (χ4n) is 3.05. The van der Waals surface area contributed by atoms with Crippen LogP contribution in [0.5, 0.6) is 11.6 Å². The Hall–Kier alpha value is -4.13. The number of ether oxygens (including phenoxy) is 2. The van der Waals surface area contributed by atoms with Gasteiger partial charge in [0.2, 0.25) is 11.6 Å². The highest BCUT2D eigenvalue weighted by Gasteiger charge is 2.30. The van der Waals surface area contributed by atoms with Crippen molar-refractivity contribution in [3.05, 3.63) is 59.1 Å². The van der Waals surface area contributed by atoms with Crippen LogP contribution in [0, 0.1) is 0 Å². The summed E-state index contributed by atoms with van der Waals surface area (Å²) < 4.78 is 55.3. The zero-order valence-electron chi connectivity index (χ0n) is 18.3. The molecule has 4 aromatic rings. The summed E-state index contributed by atoms with van der Waals surface area (Å²) in [6.45, 7) is -0.0328. The Labute approximate surface area is 206 Å². The van der Waals surface area contributed by atoms with E-state index >= 15 is 0 Å². The summed E-state index contributed by atoms with van der Waals surface area (Å²) in [5, 5.41) is 23.9. The van der Waals surface area contributed by atoms with Crippen LogP contribution in [0.25, 0.3) is 22.7 Å². The van der Waals surface area contributed by atoms with E-state index in [2.05, 4.69) is 20.6 Å². The smallest absolute Gasteiger partial charge is 0.416 e. The Morgan fingerprint density at radius 1 is 1.08 bits per heavy atom. The first kappa shape index (κ1) is 25.0. The third-order valence-corrected chi connectivity index (χ3v) is 5.00. The number of carboxylic acid groups (broad SMARTS) is 1. The van der Waals surface area contributed by atoms with Gasteiger partial charge in [0.25, 0.3) is 5.88 Å². The Bertz CT molecular complexity index is 1360. The molecule has 0 saturated heterocycles. The molecule has 2 aromatic carbocycles. The van der Waals surface area contributed by atoms with Crippen molar-refractivity contribution in [2.45, 2.75) is 19.1 Å². The first-order valence-corrected chi connectivity index (χ1v) is 10.8. The second-order valence-corrected chi connectivity index (χ2v) is 7.75. The monoisotopic (exact) mass is 523 g/mol. The van der Waals surface area contributed by atoms with Crippen LogP contribution in [-0.4, -0.2) is 49.7 Å². The highest BCUT2D eigenvalue weighted by atomic mass is 35.5. The lowest BCUT2D eigenvalue weighted by molar-refractivity contribution is -0.138. The van der Waals surface area contributed by atoms with Gasteiger partial charge in [-0.15, -0.1) is 10.2 Å². The highest BCUT2D eigenvalue weighted by molar-refractivity contribution is 6.32. The summed E-state index contributed by atoms with van der Waals surface area (Å²) in [4.78, 5) is 11.6. The standard InChI is InChI=1S/C22H17ClF3N5O5/c23-16-6-5-14(13-3-1-4-15(9-13)22(24,25)26)10-17(16)34-7-2-8-35-19-11-18(36-29-19)21-27-30-31(28-21)12-20(32)33/h1,3-6,9-11H,2,7-8,12H2,(H,32,33). The normalized spacial score (nSPS) is 11.4. The second-order valence-electron chi connectivity index (χ2n) is 7.34. The van der Waals surface area contributed by atoms with Crippen molar-refractivity contribution >= 4 is 17.6 Å². The van der Waals surface area contributed by atoms with Gasteiger partial charge in [0.05, 0.1) is 29.9 Å². The fraction of sp³-hybridized carbons (Fsp3) is 0.227.